The number of carboxylic acid groups (broad SMARTS) is 3. The highest BCUT2D eigenvalue weighted by Gasteiger charge is 2.22. The van der Waals surface area contributed by atoms with Gasteiger partial charge in [0.15, 0.2) is 17.7 Å². The molecule has 1 aromatic carbocycles. The van der Waals surface area contributed by atoms with E-state index in [4.69, 9.17) is 10.8 Å². The molecule has 3 aromatic rings. The second kappa shape index (κ2) is 10.9. The summed E-state index contributed by atoms with van der Waals surface area (Å²) in [6.07, 6.45) is 0.585. The average Bonchev–Trinajstić information content (AvgIpc) is 2.81. The van der Waals surface area contributed by atoms with Crippen molar-refractivity contribution < 1.29 is 34.5 Å². The number of aromatic amines is 1. The highest BCUT2D eigenvalue weighted by molar-refractivity contribution is 5.97. The fraction of sp³-hybridized carbons (Fsp3) is 0.190. The standard InChI is InChI=1S/C21H20N7O8/c22-21-26-17-16(19(34)27-21)24-11(7-23-17)8-28(9-15(31)32)12-3-1-10(2-4-12)18(33)25-13(20(35)36)5-6-14(29)30/h1-4,7,9,13H,5-6,8H2,(H,25,33)(H,29,30)(H,31,32)(H,35,36)(H3,22,23,26,27,34)/t13-/m0/s1. The molecule has 7 N–H and O–H groups in total. The summed E-state index contributed by atoms with van der Waals surface area (Å²) in [6.45, 7) is 0.750. The number of carbonyl (C=O) groups excluding carboxylic acids is 1. The van der Waals surface area contributed by atoms with Crippen LogP contribution in [0.3, 0.4) is 0 Å². The lowest BCUT2D eigenvalue weighted by atomic mass is 10.1. The molecule has 0 aliphatic heterocycles. The van der Waals surface area contributed by atoms with Crippen molar-refractivity contribution in [3.05, 3.63) is 58.6 Å². The topological polar surface area (TPSA) is 242 Å². The summed E-state index contributed by atoms with van der Waals surface area (Å²) in [6, 6.07) is 4.12. The van der Waals surface area contributed by atoms with Crippen LogP contribution in [0.15, 0.2) is 35.3 Å². The zero-order chi connectivity index (χ0) is 26.4. The van der Waals surface area contributed by atoms with Crippen LogP contribution in [0.4, 0.5) is 11.6 Å². The van der Waals surface area contributed by atoms with Crippen molar-refractivity contribution in [2.75, 3.05) is 10.6 Å². The Morgan fingerprint density at radius 2 is 1.81 bits per heavy atom. The quantitative estimate of drug-likeness (QED) is 0.197. The number of rotatable bonds is 11. The molecule has 0 aliphatic rings. The summed E-state index contributed by atoms with van der Waals surface area (Å²) in [5.41, 5.74) is 5.44. The number of aromatic nitrogens is 4. The summed E-state index contributed by atoms with van der Waals surface area (Å²) in [5.74, 6) is -4.73. The van der Waals surface area contributed by atoms with Gasteiger partial charge in [-0.2, -0.15) is 4.98 Å². The van der Waals surface area contributed by atoms with E-state index in [0.29, 0.717) is 5.69 Å². The minimum atomic E-state index is -1.40. The number of carbonyl (C=O) groups is 4. The van der Waals surface area contributed by atoms with E-state index >= 15 is 0 Å². The van der Waals surface area contributed by atoms with Gasteiger partial charge in [-0.3, -0.25) is 14.4 Å². The summed E-state index contributed by atoms with van der Waals surface area (Å²) < 4.78 is 0. The van der Waals surface area contributed by atoms with Crippen molar-refractivity contribution in [2.45, 2.75) is 25.4 Å². The molecule has 15 nitrogen and oxygen atoms in total. The Morgan fingerprint density at radius 3 is 2.42 bits per heavy atom. The van der Waals surface area contributed by atoms with Gasteiger partial charge in [0.1, 0.15) is 6.04 Å². The van der Waals surface area contributed by atoms with Crippen LogP contribution in [0.1, 0.15) is 28.9 Å². The maximum Gasteiger partial charge on any atom is 0.329 e. The van der Waals surface area contributed by atoms with Crippen LogP contribution >= 0.6 is 0 Å². The fourth-order valence-corrected chi connectivity index (χ4v) is 3.14. The second-order valence-corrected chi connectivity index (χ2v) is 7.42. The first kappa shape index (κ1) is 25.5. The smallest absolute Gasteiger partial charge is 0.329 e. The van der Waals surface area contributed by atoms with E-state index in [1.165, 1.54) is 35.4 Å². The number of amides is 1. The van der Waals surface area contributed by atoms with Gasteiger partial charge in [0, 0.05) is 17.7 Å². The van der Waals surface area contributed by atoms with Crippen molar-refractivity contribution in [3.63, 3.8) is 0 Å². The molecule has 187 valence electrons. The average molecular weight is 498 g/mol. The molecule has 0 aliphatic carbocycles. The number of aliphatic carboxylic acids is 3. The molecule has 36 heavy (non-hydrogen) atoms. The molecular formula is C21H20N7O8. The number of anilines is 2. The number of hydrogen-bond donors (Lipinski definition) is 6. The van der Waals surface area contributed by atoms with Crippen LogP contribution in [-0.4, -0.2) is 65.1 Å². The Kier molecular flexibility index (Phi) is 7.73. The molecule has 1 radical (unpaired) electrons. The number of nitrogens with one attached hydrogen (secondary N) is 2. The Morgan fingerprint density at radius 1 is 1.11 bits per heavy atom. The number of hydrogen-bond acceptors (Lipinski definition) is 10. The largest absolute Gasteiger partial charge is 0.481 e. The van der Waals surface area contributed by atoms with Gasteiger partial charge >= 0.3 is 23.5 Å². The molecule has 2 heterocycles. The normalized spacial score (nSPS) is 11.6. The molecular weight excluding hydrogens is 478 g/mol. The lowest BCUT2D eigenvalue weighted by Gasteiger charge is -2.22. The van der Waals surface area contributed by atoms with Crippen molar-refractivity contribution in [2.24, 2.45) is 0 Å². The van der Waals surface area contributed by atoms with Gasteiger partial charge in [-0.25, -0.2) is 19.6 Å². The highest BCUT2D eigenvalue weighted by Crippen LogP contribution is 2.20. The molecule has 1 atom stereocenters. The first-order valence-corrected chi connectivity index (χ1v) is 10.2. The molecule has 0 saturated carbocycles. The summed E-state index contributed by atoms with van der Waals surface area (Å²) in [7, 11) is 0. The monoisotopic (exact) mass is 498 g/mol. The number of nitrogens with zero attached hydrogens (tertiary/aromatic N) is 4. The molecule has 1 amide bonds. The number of nitrogen functional groups attached to an aromatic ring is 1. The number of benzene rings is 1. The predicted octanol–water partition coefficient (Wildman–Crippen LogP) is -0.404. The number of nitrogens with two attached hydrogens (primary N) is 1. The van der Waals surface area contributed by atoms with Gasteiger partial charge in [-0.05, 0) is 30.7 Å². The van der Waals surface area contributed by atoms with Crippen LogP contribution in [0, 0.1) is 6.54 Å². The third-order valence-corrected chi connectivity index (χ3v) is 4.80. The second-order valence-electron chi connectivity index (χ2n) is 7.42. The van der Waals surface area contributed by atoms with Crippen molar-refractivity contribution in [3.8, 4) is 0 Å². The molecule has 3 rings (SSSR count). The van der Waals surface area contributed by atoms with Gasteiger partial charge in [0.05, 0.1) is 18.4 Å². The summed E-state index contributed by atoms with van der Waals surface area (Å²) in [4.78, 5) is 73.5. The lowest BCUT2D eigenvalue weighted by Crippen LogP contribution is -2.41. The first-order chi connectivity index (χ1) is 17.0. The highest BCUT2D eigenvalue weighted by atomic mass is 16.4. The van der Waals surface area contributed by atoms with E-state index in [0.717, 1.165) is 6.54 Å². The van der Waals surface area contributed by atoms with Crippen molar-refractivity contribution in [1.29, 1.82) is 0 Å². The number of fused-ring (bicyclic) bond motifs is 1. The van der Waals surface area contributed by atoms with E-state index < -0.39 is 41.8 Å². The van der Waals surface area contributed by atoms with Crippen molar-refractivity contribution >= 4 is 46.6 Å². The minimum absolute atomic E-state index is 0.0660. The van der Waals surface area contributed by atoms with Gasteiger partial charge in [0.2, 0.25) is 5.95 Å². The van der Waals surface area contributed by atoms with Crippen LogP contribution in [0.5, 0.6) is 0 Å². The Bertz CT molecular complexity index is 1370. The SMILES string of the molecule is Nc1nc(=O)c2nc(CN([CH]C(=O)O)c3ccc(C(=O)N[C@@H](CCC(=O)O)C(=O)O)cc3)cnc2[nH]1. The molecule has 0 saturated heterocycles. The third-order valence-electron chi connectivity index (χ3n) is 4.80. The third kappa shape index (κ3) is 6.49. The van der Waals surface area contributed by atoms with Gasteiger partial charge in [-0.1, -0.05) is 0 Å². The first-order valence-electron chi connectivity index (χ1n) is 10.2. The molecule has 0 bridgehead atoms. The number of carboxylic acids is 3. The van der Waals surface area contributed by atoms with E-state index in [-0.39, 0.29) is 41.3 Å². The van der Waals surface area contributed by atoms with E-state index in [2.05, 4.69) is 25.3 Å². The Labute approximate surface area is 201 Å². The maximum absolute atomic E-state index is 12.4. The van der Waals surface area contributed by atoms with Crippen LogP contribution in [-0.2, 0) is 20.9 Å². The molecule has 0 fully saturated rings. The van der Waals surface area contributed by atoms with Crippen LogP contribution in [0.25, 0.3) is 11.2 Å². The molecule has 0 unspecified atom stereocenters. The summed E-state index contributed by atoms with van der Waals surface area (Å²) in [5, 5.41) is 29.5. The zero-order valence-electron chi connectivity index (χ0n) is 18.4. The van der Waals surface area contributed by atoms with E-state index in [1.807, 2.05) is 0 Å². The zero-order valence-corrected chi connectivity index (χ0v) is 18.4. The van der Waals surface area contributed by atoms with Gasteiger partial charge < -0.3 is 36.3 Å². The van der Waals surface area contributed by atoms with Crippen LogP contribution < -0.4 is 21.5 Å². The summed E-state index contributed by atoms with van der Waals surface area (Å²) >= 11 is 0. The number of H-pyrrole nitrogens is 1. The maximum atomic E-state index is 12.4. The van der Waals surface area contributed by atoms with Crippen LogP contribution in [0.2, 0.25) is 0 Å². The fourth-order valence-electron chi connectivity index (χ4n) is 3.14. The molecule has 0 spiro atoms. The van der Waals surface area contributed by atoms with E-state index in [9.17, 15) is 34.2 Å². The Balaban J connectivity index is 1.79. The van der Waals surface area contributed by atoms with Crippen molar-refractivity contribution in [1.82, 2.24) is 25.3 Å². The predicted molar refractivity (Wildman–Crippen MR) is 123 cm³/mol. The molecule has 2 aromatic heterocycles. The molecule has 15 heteroatoms. The van der Waals surface area contributed by atoms with Gasteiger partial charge in [-0.15, -0.1) is 0 Å². The Hall–Kier alpha value is -5.08. The van der Waals surface area contributed by atoms with E-state index in [1.54, 1.807) is 0 Å². The minimum Gasteiger partial charge on any atom is -0.481 e. The van der Waals surface area contributed by atoms with Gasteiger partial charge in [0.25, 0.3) is 5.91 Å². The lowest BCUT2D eigenvalue weighted by molar-refractivity contribution is -0.140.